The highest BCUT2D eigenvalue weighted by Gasteiger charge is 2.22. The summed E-state index contributed by atoms with van der Waals surface area (Å²) in [4.78, 5) is 10.2. The number of allylic oxidation sites excluding steroid dienone is 1. The van der Waals surface area contributed by atoms with Crippen molar-refractivity contribution >= 4 is 13.1 Å². The molecule has 60 valence electrons. The molecule has 5 heteroatoms. The van der Waals surface area contributed by atoms with Gasteiger partial charge in [-0.05, 0) is 0 Å². The van der Waals surface area contributed by atoms with Crippen LogP contribution in [0.15, 0.2) is 12.2 Å². The lowest BCUT2D eigenvalue weighted by atomic mass is 9.82. The van der Waals surface area contributed by atoms with E-state index in [1.165, 1.54) is 0 Å². The second-order valence-corrected chi connectivity index (χ2v) is 2.39. The monoisotopic (exact) mass is 156 g/mol. The maximum Gasteiger partial charge on any atom is 0.458 e. The van der Waals surface area contributed by atoms with Crippen LogP contribution < -0.4 is 0 Å². The Morgan fingerprint density at radius 3 is 3.09 bits per heavy atom. The van der Waals surface area contributed by atoms with Crippen molar-refractivity contribution in [2.75, 3.05) is 0 Å². The molecule has 0 aliphatic carbocycles. The van der Waals surface area contributed by atoms with Gasteiger partial charge in [-0.3, -0.25) is 4.79 Å². The number of aliphatic carboxylic acids is 1. The molecule has 0 aromatic rings. The van der Waals surface area contributed by atoms with Crippen molar-refractivity contribution < 1.29 is 19.6 Å². The van der Waals surface area contributed by atoms with Gasteiger partial charge in [-0.25, -0.2) is 0 Å². The molecule has 11 heavy (non-hydrogen) atoms. The zero-order chi connectivity index (χ0) is 8.27. The summed E-state index contributed by atoms with van der Waals surface area (Å²) in [7, 11) is -0.843. The minimum absolute atomic E-state index is 0.0897. The van der Waals surface area contributed by atoms with Crippen LogP contribution in [-0.4, -0.2) is 29.3 Å². The number of rotatable bonds is 2. The van der Waals surface area contributed by atoms with E-state index in [2.05, 4.69) is 0 Å². The standard InChI is InChI=1S/C6H9BO4/c8-6(9)4-5-2-1-3-7(10)11-5/h1-2,5,10H,3-4H2,(H,8,9)/t5-/m1/s1. The summed E-state index contributed by atoms with van der Waals surface area (Å²) in [6.07, 6.45) is 3.25. The first-order valence-electron chi connectivity index (χ1n) is 3.40. The van der Waals surface area contributed by atoms with Crippen molar-refractivity contribution in [2.45, 2.75) is 18.8 Å². The van der Waals surface area contributed by atoms with Crippen molar-refractivity contribution in [3.05, 3.63) is 12.2 Å². The first-order valence-corrected chi connectivity index (χ1v) is 3.40. The molecule has 0 spiro atoms. The molecule has 4 nitrogen and oxygen atoms in total. The number of hydrogen-bond donors (Lipinski definition) is 2. The van der Waals surface area contributed by atoms with E-state index >= 15 is 0 Å². The van der Waals surface area contributed by atoms with Gasteiger partial charge in [0.05, 0.1) is 12.5 Å². The largest absolute Gasteiger partial charge is 0.481 e. The van der Waals surface area contributed by atoms with Crippen LogP contribution in [0.5, 0.6) is 0 Å². The summed E-state index contributed by atoms with van der Waals surface area (Å²) in [6.45, 7) is 0. The van der Waals surface area contributed by atoms with Gasteiger partial charge in [0.15, 0.2) is 0 Å². The highest BCUT2D eigenvalue weighted by atomic mass is 16.5. The van der Waals surface area contributed by atoms with Gasteiger partial charge in [0.1, 0.15) is 0 Å². The molecule has 0 unspecified atom stereocenters. The van der Waals surface area contributed by atoms with Gasteiger partial charge in [0.25, 0.3) is 0 Å². The number of carboxylic acids is 1. The minimum atomic E-state index is -0.922. The molecule has 1 aliphatic heterocycles. The van der Waals surface area contributed by atoms with Gasteiger partial charge in [-0.1, -0.05) is 12.2 Å². The van der Waals surface area contributed by atoms with Crippen LogP contribution in [0.25, 0.3) is 0 Å². The van der Waals surface area contributed by atoms with Crippen molar-refractivity contribution in [1.29, 1.82) is 0 Å². The van der Waals surface area contributed by atoms with E-state index in [0.29, 0.717) is 6.32 Å². The van der Waals surface area contributed by atoms with E-state index in [1.807, 2.05) is 0 Å². The quantitative estimate of drug-likeness (QED) is 0.432. The summed E-state index contributed by atoms with van der Waals surface area (Å²) in [5, 5.41) is 17.3. The summed E-state index contributed by atoms with van der Waals surface area (Å²) >= 11 is 0. The van der Waals surface area contributed by atoms with E-state index in [0.717, 1.165) is 0 Å². The van der Waals surface area contributed by atoms with Crippen LogP contribution in [0.4, 0.5) is 0 Å². The lowest BCUT2D eigenvalue weighted by Crippen LogP contribution is -2.28. The van der Waals surface area contributed by atoms with E-state index in [-0.39, 0.29) is 6.42 Å². The predicted molar refractivity (Wildman–Crippen MR) is 39.0 cm³/mol. The van der Waals surface area contributed by atoms with Gasteiger partial charge in [-0.15, -0.1) is 0 Å². The summed E-state index contributed by atoms with van der Waals surface area (Å²) in [5.74, 6) is -0.922. The fourth-order valence-electron chi connectivity index (χ4n) is 0.938. The Balaban J connectivity index is 2.40. The Kier molecular flexibility index (Phi) is 2.67. The SMILES string of the molecule is O=C(O)C[C@H]1C=CCB(O)O1. The molecule has 1 aliphatic rings. The molecule has 0 fully saturated rings. The molecule has 0 saturated carbocycles. The Morgan fingerprint density at radius 1 is 1.82 bits per heavy atom. The zero-order valence-corrected chi connectivity index (χ0v) is 5.93. The Morgan fingerprint density at radius 2 is 2.55 bits per heavy atom. The number of carbonyl (C=O) groups is 1. The van der Waals surface area contributed by atoms with Gasteiger partial charge in [0.2, 0.25) is 0 Å². The molecule has 0 aromatic heterocycles. The van der Waals surface area contributed by atoms with E-state index in [9.17, 15) is 4.79 Å². The highest BCUT2D eigenvalue weighted by Crippen LogP contribution is 2.10. The Bertz CT molecular complexity index is 179. The van der Waals surface area contributed by atoms with Crippen molar-refractivity contribution in [3.8, 4) is 0 Å². The third-order valence-corrected chi connectivity index (χ3v) is 1.40. The van der Waals surface area contributed by atoms with Gasteiger partial charge < -0.3 is 14.8 Å². The van der Waals surface area contributed by atoms with Crippen LogP contribution in [-0.2, 0) is 9.45 Å². The van der Waals surface area contributed by atoms with Gasteiger partial charge >= 0.3 is 13.1 Å². The zero-order valence-electron chi connectivity index (χ0n) is 5.93. The second kappa shape index (κ2) is 3.55. The molecular formula is C6H9BO4. The second-order valence-electron chi connectivity index (χ2n) is 2.39. The molecule has 1 heterocycles. The van der Waals surface area contributed by atoms with E-state index in [4.69, 9.17) is 14.8 Å². The first-order chi connectivity index (χ1) is 5.18. The molecule has 0 bridgehead atoms. The predicted octanol–water partition coefficient (Wildman–Crippen LogP) is -0.103. The lowest BCUT2D eigenvalue weighted by Gasteiger charge is -2.17. The van der Waals surface area contributed by atoms with Crippen molar-refractivity contribution in [1.82, 2.24) is 0 Å². The van der Waals surface area contributed by atoms with Crippen LogP contribution >= 0.6 is 0 Å². The molecule has 0 radical (unpaired) electrons. The van der Waals surface area contributed by atoms with Crippen LogP contribution in [0.1, 0.15) is 6.42 Å². The molecule has 0 aromatic carbocycles. The Hall–Kier alpha value is -0.805. The van der Waals surface area contributed by atoms with Crippen LogP contribution in [0.2, 0.25) is 6.32 Å². The molecule has 1 rings (SSSR count). The molecule has 0 amide bonds. The van der Waals surface area contributed by atoms with Crippen LogP contribution in [0, 0.1) is 0 Å². The normalized spacial score (nSPS) is 23.7. The number of hydrogen-bond acceptors (Lipinski definition) is 3. The van der Waals surface area contributed by atoms with E-state index < -0.39 is 19.2 Å². The fourth-order valence-corrected chi connectivity index (χ4v) is 0.938. The molecule has 0 saturated heterocycles. The Labute approximate surface area is 64.6 Å². The lowest BCUT2D eigenvalue weighted by molar-refractivity contribution is -0.138. The maximum absolute atomic E-state index is 10.2. The maximum atomic E-state index is 10.2. The first kappa shape index (κ1) is 8.29. The van der Waals surface area contributed by atoms with Gasteiger partial charge in [-0.2, -0.15) is 0 Å². The molecule has 1 atom stereocenters. The summed E-state index contributed by atoms with van der Waals surface area (Å²) < 4.78 is 4.88. The minimum Gasteiger partial charge on any atom is -0.481 e. The highest BCUT2D eigenvalue weighted by molar-refractivity contribution is 6.43. The van der Waals surface area contributed by atoms with Crippen LogP contribution in [0.3, 0.4) is 0 Å². The summed E-state index contributed by atoms with van der Waals surface area (Å²) in [5.41, 5.74) is 0. The van der Waals surface area contributed by atoms with Crippen molar-refractivity contribution in [3.63, 3.8) is 0 Å². The molecule has 2 N–H and O–H groups in total. The molecular weight excluding hydrogens is 147 g/mol. The van der Waals surface area contributed by atoms with Crippen molar-refractivity contribution in [2.24, 2.45) is 0 Å². The third kappa shape index (κ3) is 2.73. The number of carboxylic acid groups (broad SMARTS) is 1. The third-order valence-electron chi connectivity index (χ3n) is 1.40. The van der Waals surface area contributed by atoms with E-state index in [1.54, 1.807) is 12.2 Å². The smallest absolute Gasteiger partial charge is 0.458 e. The fraction of sp³-hybridized carbons (Fsp3) is 0.500. The average Bonchev–Trinajstić information content (AvgIpc) is 1.85. The summed E-state index contributed by atoms with van der Waals surface area (Å²) in [6, 6.07) is 0. The average molecular weight is 156 g/mol. The topological polar surface area (TPSA) is 66.8 Å². The van der Waals surface area contributed by atoms with Gasteiger partial charge in [0, 0.05) is 6.32 Å².